The second kappa shape index (κ2) is 2.60. The number of hydrogen-bond donors (Lipinski definition) is 1. The van der Waals surface area contributed by atoms with E-state index in [9.17, 15) is 4.79 Å². The summed E-state index contributed by atoms with van der Waals surface area (Å²) in [4.78, 5) is 10.6. The topological polar surface area (TPSA) is 43.1 Å². The minimum Gasteiger partial charge on any atom is -0.370 e. The summed E-state index contributed by atoms with van der Waals surface area (Å²) in [6, 6.07) is 0. The van der Waals surface area contributed by atoms with E-state index >= 15 is 0 Å². The Morgan fingerprint density at radius 1 is 1.50 bits per heavy atom. The number of carbonyl (C=O) groups is 1. The van der Waals surface area contributed by atoms with E-state index in [0.717, 1.165) is 0 Å². The maximum absolute atomic E-state index is 10.6. The quantitative estimate of drug-likeness (QED) is 0.621. The largest absolute Gasteiger partial charge is 0.370 e. The van der Waals surface area contributed by atoms with E-state index in [4.69, 9.17) is 5.73 Å². The predicted octanol–water partition coefficient (Wildman–Crippen LogP) is 1.44. The third-order valence-corrected chi connectivity index (χ3v) is 2.41. The molecule has 1 amide bonds. The molecule has 10 heavy (non-hydrogen) atoms. The molecule has 2 nitrogen and oxygen atoms in total. The Morgan fingerprint density at radius 3 is 2.40 bits per heavy atom. The molecule has 0 heterocycles. The lowest BCUT2D eigenvalue weighted by Gasteiger charge is -2.20. The molecular formula is C8H15NO. The highest BCUT2D eigenvalue weighted by molar-refractivity contribution is 5.74. The van der Waals surface area contributed by atoms with Gasteiger partial charge in [0, 0.05) is 6.42 Å². The number of amides is 1. The van der Waals surface area contributed by atoms with Crippen LogP contribution in [0.25, 0.3) is 0 Å². The van der Waals surface area contributed by atoms with E-state index in [0.29, 0.717) is 6.42 Å². The first kappa shape index (κ1) is 7.58. The molecule has 2 heteroatoms. The monoisotopic (exact) mass is 141 g/mol. The highest BCUT2D eigenvalue weighted by Crippen LogP contribution is 2.39. The van der Waals surface area contributed by atoms with Crippen molar-refractivity contribution in [2.75, 3.05) is 0 Å². The van der Waals surface area contributed by atoms with Gasteiger partial charge in [0.1, 0.15) is 0 Å². The summed E-state index contributed by atoms with van der Waals surface area (Å²) in [5.74, 6) is -0.149. The first-order valence-corrected chi connectivity index (χ1v) is 3.91. The predicted molar refractivity (Wildman–Crippen MR) is 40.4 cm³/mol. The van der Waals surface area contributed by atoms with E-state index in [1.807, 2.05) is 0 Å². The molecule has 0 aromatic heterocycles. The third kappa shape index (κ3) is 1.72. The Balaban J connectivity index is 2.43. The molecule has 0 atom stereocenters. The minimum absolute atomic E-state index is 0.149. The number of nitrogens with two attached hydrogens (primary N) is 1. The summed E-state index contributed by atoms with van der Waals surface area (Å²) >= 11 is 0. The zero-order chi connectivity index (χ0) is 7.61. The normalized spacial score (nSPS) is 22.9. The van der Waals surface area contributed by atoms with Crippen molar-refractivity contribution in [3.63, 3.8) is 0 Å². The molecule has 0 aliphatic heterocycles. The lowest BCUT2D eigenvalue weighted by Crippen LogP contribution is -2.22. The fraction of sp³-hybridized carbons (Fsp3) is 0.875. The van der Waals surface area contributed by atoms with E-state index in [-0.39, 0.29) is 11.3 Å². The van der Waals surface area contributed by atoms with Gasteiger partial charge in [0.05, 0.1) is 0 Å². The summed E-state index contributed by atoms with van der Waals surface area (Å²) in [5, 5.41) is 0. The van der Waals surface area contributed by atoms with Crippen molar-refractivity contribution in [1.82, 2.24) is 0 Å². The van der Waals surface area contributed by atoms with Gasteiger partial charge in [0.15, 0.2) is 0 Å². The van der Waals surface area contributed by atoms with Crippen LogP contribution in [-0.2, 0) is 4.79 Å². The molecule has 1 saturated carbocycles. The lowest BCUT2D eigenvalue weighted by molar-refractivity contribution is -0.120. The fourth-order valence-electron chi connectivity index (χ4n) is 1.83. The summed E-state index contributed by atoms with van der Waals surface area (Å²) in [5.41, 5.74) is 5.36. The Morgan fingerprint density at radius 2 is 2.00 bits per heavy atom. The van der Waals surface area contributed by atoms with Crippen LogP contribution in [0.2, 0.25) is 0 Å². The van der Waals surface area contributed by atoms with Gasteiger partial charge in [-0.05, 0) is 18.3 Å². The van der Waals surface area contributed by atoms with E-state index < -0.39 is 0 Å². The van der Waals surface area contributed by atoms with Crippen molar-refractivity contribution in [3.8, 4) is 0 Å². The van der Waals surface area contributed by atoms with Gasteiger partial charge < -0.3 is 5.73 Å². The molecule has 1 aliphatic rings. The molecule has 0 bridgehead atoms. The number of hydrogen-bond acceptors (Lipinski definition) is 1. The van der Waals surface area contributed by atoms with Crippen molar-refractivity contribution in [2.45, 2.75) is 39.0 Å². The highest BCUT2D eigenvalue weighted by atomic mass is 16.1. The van der Waals surface area contributed by atoms with Gasteiger partial charge >= 0.3 is 0 Å². The Kier molecular flexibility index (Phi) is 1.97. The zero-order valence-corrected chi connectivity index (χ0v) is 6.52. The van der Waals surface area contributed by atoms with Crippen LogP contribution in [0.4, 0.5) is 0 Å². The van der Waals surface area contributed by atoms with Gasteiger partial charge in [-0.1, -0.05) is 19.8 Å². The maximum Gasteiger partial charge on any atom is 0.217 e. The van der Waals surface area contributed by atoms with E-state index in [2.05, 4.69) is 6.92 Å². The fourth-order valence-corrected chi connectivity index (χ4v) is 1.83. The van der Waals surface area contributed by atoms with Crippen molar-refractivity contribution in [3.05, 3.63) is 0 Å². The molecule has 1 aliphatic carbocycles. The van der Waals surface area contributed by atoms with Crippen LogP contribution < -0.4 is 5.73 Å². The second-order valence-corrected chi connectivity index (χ2v) is 3.66. The van der Waals surface area contributed by atoms with E-state index in [1.54, 1.807) is 0 Å². The summed E-state index contributed by atoms with van der Waals surface area (Å²) < 4.78 is 0. The van der Waals surface area contributed by atoms with Crippen molar-refractivity contribution >= 4 is 5.91 Å². The second-order valence-electron chi connectivity index (χ2n) is 3.66. The van der Waals surface area contributed by atoms with Crippen LogP contribution in [0.3, 0.4) is 0 Å². The van der Waals surface area contributed by atoms with Crippen LogP contribution in [0.1, 0.15) is 39.0 Å². The SMILES string of the molecule is CC1(CC(N)=O)CCCC1. The number of rotatable bonds is 2. The smallest absolute Gasteiger partial charge is 0.217 e. The number of carbonyl (C=O) groups excluding carboxylic acids is 1. The molecule has 58 valence electrons. The first-order valence-electron chi connectivity index (χ1n) is 3.91. The Labute approximate surface area is 61.8 Å². The molecule has 0 radical (unpaired) electrons. The van der Waals surface area contributed by atoms with E-state index in [1.165, 1.54) is 25.7 Å². The van der Waals surface area contributed by atoms with Crippen LogP contribution in [0, 0.1) is 5.41 Å². The molecule has 0 aromatic rings. The third-order valence-electron chi connectivity index (χ3n) is 2.41. The molecule has 2 N–H and O–H groups in total. The first-order chi connectivity index (χ1) is 4.62. The molecule has 1 rings (SSSR count). The van der Waals surface area contributed by atoms with Gasteiger partial charge in [-0.25, -0.2) is 0 Å². The summed E-state index contributed by atoms with van der Waals surface area (Å²) in [6.07, 6.45) is 5.46. The molecular weight excluding hydrogens is 126 g/mol. The lowest BCUT2D eigenvalue weighted by atomic mass is 9.85. The van der Waals surface area contributed by atoms with Crippen molar-refractivity contribution in [1.29, 1.82) is 0 Å². The van der Waals surface area contributed by atoms with Gasteiger partial charge in [-0.3, -0.25) is 4.79 Å². The highest BCUT2D eigenvalue weighted by Gasteiger charge is 2.29. The van der Waals surface area contributed by atoms with Crippen LogP contribution >= 0.6 is 0 Å². The Bertz CT molecular complexity index is 136. The molecule has 0 unspecified atom stereocenters. The van der Waals surface area contributed by atoms with Gasteiger partial charge in [-0.15, -0.1) is 0 Å². The van der Waals surface area contributed by atoms with Crippen LogP contribution in [0.5, 0.6) is 0 Å². The van der Waals surface area contributed by atoms with Crippen molar-refractivity contribution < 1.29 is 4.79 Å². The zero-order valence-electron chi connectivity index (χ0n) is 6.52. The summed E-state index contributed by atoms with van der Waals surface area (Å²) in [6.45, 7) is 2.16. The minimum atomic E-state index is -0.149. The van der Waals surface area contributed by atoms with Gasteiger partial charge in [0.25, 0.3) is 0 Å². The van der Waals surface area contributed by atoms with Gasteiger partial charge in [0.2, 0.25) is 5.91 Å². The standard InChI is InChI=1S/C8H15NO/c1-8(6-7(9)10)4-2-3-5-8/h2-6H2,1H3,(H2,9,10). The molecule has 0 aromatic carbocycles. The van der Waals surface area contributed by atoms with Crippen LogP contribution in [-0.4, -0.2) is 5.91 Å². The van der Waals surface area contributed by atoms with Crippen LogP contribution in [0.15, 0.2) is 0 Å². The maximum atomic E-state index is 10.6. The molecule has 0 saturated heterocycles. The molecule has 0 spiro atoms. The van der Waals surface area contributed by atoms with Crippen molar-refractivity contribution in [2.24, 2.45) is 11.1 Å². The van der Waals surface area contributed by atoms with Gasteiger partial charge in [-0.2, -0.15) is 0 Å². The molecule has 1 fully saturated rings. The average Bonchev–Trinajstić information content (AvgIpc) is 2.12. The Hall–Kier alpha value is -0.530. The average molecular weight is 141 g/mol. The summed E-state index contributed by atoms with van der Waals surface area (Å²) in [7, 11) is 0. The number of primary amides is 1.